The van der Waals surface area contributed by atoms with Crippen LogP contribution in [0.25, 0.3) is 21.6 Å². The number of aromatic nitrogens is 3. The summed E-state index contributed by atoms with van der Waals surface area (Å²) in [4.78, 5) is 8.93. The Morgan fingerprint density at radius 1 is 1.35 bits per heavy atom. The molecule has 134 valence electrons. The zero-order valence-corrected chi connectivity index (χ0v) is 14.2. The van der Waals surface area contributed by atoms with Crippen molar-refractivity contribution in [2.45, 2.75) is 24.5 Å². The van der Waals surface area contributed by atoms with Gasteiger partial charge in [-0.3, -0.25) is 4.57 Å². The van der Waals surface area contributed by atoms with Crippen LogP contribution in [0.5, 0.6) is 0 Å². The number of hydrogen-bond acceptors (Lipinski definition) is 9. The van der Waals surface area contributed by atoms with Gasteiger partial charge in [-0.15, -0.1) is 11.3 Å². The molecule has 4 atom stereocenters. The lowest BCUT2D eigenvalue weighted by molar-refractivity contribution is -0.0501. The molecule has 10 heteroatoms. The second kappa shape index (κ2) is 6.31. The smallest absolute Gasteiger partial charge is 0.165 e. The first-order chi connectivity index (χ1) is 12.6. The molecule has 9 nitrogen and oxygen atoms in total. The van der Waals surface area contributed by atoms with Crippen LogP contribution in [0.4, 0.5) is 5.82 Å². The molecule has 1 aliphatic rings. The Balaban J connectivity index is 2.04. The Hall–Kier alpha value is -2.55. The average molecular weight is 373 g/mol. The number of nitriles is 1. The Labute approximate surface area is 151 Å². The molecule has 1 fully saturated rings. The third-order valence-corrected chi connectivity index (χ3v) is 5.33. The van der Waals surface area contributed by atoms with E-state index in [4.69, 9.17) is 10.5 Å². The fourth-order valence-corrected chi connectivity index (χ4v) is 4.03. The quantitative estimate of drug-likeness (QED) is 0.509. The summed E-state index contributed by atoms with van der Waals surface area (Å²) in [6.07, 6.45) is -3.33. The Morgan fingerprint density at radius 2 is 2.15 bits per heavy atom. The number of thiophene rings is 1. The molecular weight excluding hydrogens is 358 g/mol. The van der Waals surface area contributed by atoms with E-state index in [1.54, 1.807) is 4.57 Å². The number of fused-ring (bicyclic) bond motifs is 1. The summed E-state index contributed by atoms with van der Waals surface area (Å²) < 4.78 is 7.22. The van der Waals surface area contributed by atoms with Gasteiger partial charge in [0, 0.05) is 0 Å². The van der Waals surface area contributed by atoms with E-state index in [-0.39, 0.29) is 11.4 Å². The maximum atomic E-state index is 10.5. The van der Waals surface area contributed by atoms with Crippen LogP contribution in [0.15, 0.2) is 23.8 Å². The first-order valence-corrected chi connectivity index (χ1v) is 8.67. The van der Waals surface area contributed by atoms with E-state index >= 15 is 0 Å². The maximum absolute atomic E-state index is 10.5. The van der Waals surface area contributed by atoms with Crippen LogP contribution in [0, 0.1) is 11.3 Å². The van der Waals surface area contributed by atoms with Gasteiger partial charge in [0.2, 0.25) is 0 Å². The van der Waals surface area contributed by atoms with Crippen LogP contribution in [-0.4, -0.2) is 54.8 Å². The lowest BCUT2D eigenvalue weighted by Gasteiger charge is -2.20. The van der Waals surface area contributed by atoms with Gasteiger partial charge in [-0.2, -0.15) is 5.26 Å². The van der Waals surface area contributed by atoms with E-state index in [2.05, 4.69) is 16.0 Å². The molecule has 0 aliphatic carbocycles. The van der Waals surface area contributed by atoms with E-state index in [1.807, 2.05) is 17.5 Å². The van der Waals surface area contributed by atoms with E-state index < -0.39 is 31.1 Å². The summed E-state index contributed by atoms with van der Waals surface area (Å²) in [6.45, 7) is -0.454. The molecule has 5 N–H and O–H groups in total. The van der Waals surface area contributed by atoms with Crippen LogP contribution in [0.2, 0.25) is 0 Å². The lowest BCUT2D eigenvalue weighted by Crippen LogP contribution is -2.33. The summed E-state index contributed by atoms with van der Waals surface area (Å²) >= 11 is 1.40. The van der Waals surface area contributed by atoms with E-state index in [0.717, 1.165) is 4.88 Å². The molecule has 0 spiro atoms. The van der Waals surface area contributed by atoms with E-state index in [9.17, 15) is 20.6 Å². The van der Waals surface area contributed by atoms with Gasteiger partial charge in [0.15, 0.2) is 6.23 Å². The SMILES string of the molecule is N#Cc1c(-c2cccs2)n([C@H]2O[C@@H](CO)[C@@H](O)[C@@H]2O)c2ncnc(N)c12. The standard InChI is InChI=1S/C16H15N5O4S/c17-4-7-10-14(18)19-6-20-15(10)21(11(7)9-2-1-3-26-9)16-13(24)12(23)8(5-22)25-16/h1-3,6,8,12-13,16,22-24H,5H2,(H2,18,19,20)/t8-,12+,13-,16-/m0/s1. The number of nitrogens with two attached hydrogens (primary N) is 1. The van der Waals surface area contributed by atoms with Gasteiger partial charge in [-0.05, 0) is 11.4 Å². The van der Waals surface area contributed by atoms with Crippen LogP contribution >= 0.6 is 11.3 Å². The zero-order valence-electron chi connectivity index (χ0n) is 13.4. The highest BCUT2D eigenvalue weighted by molar-refractivity contribution is 7.13. The van der Waals surface area contributed by atoms with E-state index in [1.165, 1.54) is 17.7 Å². The number of nitrogen functional groups attached to an aromatic ring is 1. The molecule has 0 radical (unpaired) electrons. The number of aliphatic hydroxyl groups excluding tert-OH is 3. The normalized spacial score (nSPS) is 25.6. The second-order valence-corrected chi connectivity index (χ2v) is 6.82. The van der Waals surface area contributed by atoms with Crippen molar-refractivity contribution in [2.24, 2.45) is 0 Å². The van der Waals surface area contributed by atoms with Crippen molar-refractivity contribution in [1.29, 1.82) is 5.26 Å². The Bertz CT molecular complexity index is 996. The van der Waals surface area contributed by atoms with Crippen molar-refractivity contribution < 1.29 is 20.1 Å². The molecule has 0 bridgehead atoms. The number of ether oxygens (including phenoxy) is 1. The molecule has 1 aliphatic heterocycles. The van der Waals surface area contributed by atoms with Gasteiger partial charge in [0.25, 0.3) is 0 Å². The topological polar surface area (TPSA) is 150 Å². The Morgan fingerprint density at radius 3 is 2.77 bits per heavy atom. The highest BCUT2D eigenvalue weighted by Gasteiger charge is 2.45. The summed E-state index contributed by atoms with van der Waals surface area (Å²) in [5.41, 5.74) is 7.02. The first-order valence-electron chi connectivity index (χ1n) is 7.79. The molecule has 4 heterocycles. The molecule has 0 amide bonds. The van der Waals surface area contributed by atoms with Crippen molar-refractivity contribution in [1.82, 2.24) is 14.5 Å². The fraction of sp³-hybridized carbons (Fsp3) is 0.312. The zero-order chi connectivity index (χ0) is 18.4. The minimum Gasteiger partial charge on any atom is -0.394 e. The van der Waals surface area contributed by atoms with Gasteiger partial charge in [-0.1, -0.05) is 6.07 Å². The van der Waals surface area contributed by atoms with Crippen LogP contribution < -0.4 is 5.73 Å². The van der Waals surface area contributed by atoms with Crippen molar-refractivity contribution in [3.05, 3.63) is 29.4 Å². The van der Waals surface area contributed by atoms with Crippen molar-refractivity contribution in [2.75, 3.05) is 12.3 Å². The third kappa shape index (κ3) is 2.30. The number of anilines is 1. The minimum atomic E-state index is -1.32. The molecule has 0 aromatic carbocycles. The highest BCUT2D eigenvalue weighted by Crippen LogP contribution is 2.42. The van der Waals surface area contributed by atoms with Crippen molar-refractivity contribution >= 4 is 28.2 Å². The van der Waals surface area contributed by atoms with E-state index in [0.29, 0.717) is 16.7 Å². The fourth-order valence-electron chi connectivity index (χ4n) is 3.26. The van der Waals surface area contributed by atoms with Crippen LogP contribution in [0.1, 0.15) is 11.8 Å². The van der Waals surface area contributed by atoms with Gasteiger partial charge in [0.05, 0.1) is 28.1 Å². The largest absolute Gasteiger partial charge is 0.394 e. The minimum absolute atomic E-state index is 0.134. The molecule has 3 aromatic heterocycles. The summed E-state index contributed by atoms with van der Waals surface area (Å²) in [7, 11) is 0. The van der Waals surface area contributed by atoms with Crippen LogP contribution in [0.3, 0.4) is 0 Å². The Kier molecular flexibility index (Phi) is 4.10. The summed E-state index contributed by atoms with van der Waals surface area (Å²) in [5, 5.41) is 42.0. The van der Waals surface area contributed by atoms with Crippen molar-refractivity contribution in [3.8, 4) is 16.6 Å². The predicted octanol–water partition coefficient (Wildman–Crippen LogP) is 0.225. The molecule has 26 heavy (non-hydrogen) atoms. The molecule has 3 aromatic rings. The van der Waals surface area contributed by atoms with Gasteiger partial charge in [0.1, 0.15) is 42.2 Å². The van der Waals surface area contributed by atoms with Gasteiger partial charge in [-0.25, -0.2) is 9.97 Å². The molecular formula is C16H15N5O4S. The molecule has 0 unspecified atom stereocenters. The molecule has 0 saturated carbocycles. The maximum Gasteiger partial charge on any atom is 0.165 e. The number of hydrogen-bond donors (Lipinski definition) is 4. The number of nitrogens with zero attached hydrogens (tertiary/aromatic N) is 4. The predicted molar refractivity (Wildman–Crippen MR) is 93.0 cm³/mol. The molecule has 4 rings (SSSR count). The second-order valence-electron chi connectivity index (χ2n) is 5.87. The lowest BCUT2D eigenvalue weighted by atomic mass is 10.1. The first kappa shape index (κ1) is 16.9. The van der Waals surface area contributed by atoms with Gasteiger partial charge < -0.3 is 25.8 Å². The highest BCUT2D eigenvalue weighted by atomic mass is 32.1. The summed E-state index contributed by atoms with van der Waals surface area (Å²) in [5.74, 6) is 0.134. The number of rotatable bonds is 3. The third-order valence-electron chi connectivity index (χ3n) is 4.45. The molecule has 1 saturated heterocycles. The van der Waals surface area contributed by atoms with Crippen molar-refractivity contribution in [3.63, 3.8) is 0 Å². The average Bonchev–Trinajstić information content (AvgIpc) is 3.33. The van der Waals surface area contributed by atoms with Gasteiger partial charge >= 0.3 is 0 Å². The monoisotopic (exact) mass is 373 g/mol. The summed E-state index contributed by atoms with van der Waals surface area (Å²) in [6, 6.07) is 5.79. The number of aliphatic hydroxyl groups is 3. The van der Waals surface area contributed by atoms with Crippen LogP contribution in [-0.2, 0) is 4.74 Å².